The number of carbonyl (C=O) groups is 1. The Kier molecular flexibility index (Phi) is 8.30. The topological polar surface area (TPSA) is 64.3 Å². The second-order valence-electron chi connectivity index (χ2n) is 5.79. The van der Waals surface area contributed by atoms with E-state index in [-0.39, 0.29) is 24.4 Å². The first-order valence-corrected chi connectivity index (χ1v) is 7.85. The number of halogens is 1. The first-order chi connectivity index (χ1) is 11.0. The van der Waals surface area contributed by atoms with E-state index in [0.717, 1.165) is 16.9 Å². The molecule has 0 radical (unpaired) electrons. The Labute approximate surface area is 149 Å². The third kappa shape index (κ3) is 6.60. The van der Waals surface area contributed by atoms with Crippen LogP contribution < -0.4 is 15.8 Å². The van der Waals surface area contributed by atoms with Gasteiger partial charge in [0.05, 0.1) is 12.6 Å². The summed E-state index contributed by atoms with van der Waals surface area (Å²) in [5, 5.41) is 2.85. The number of hydrogen-bond acceptors (Lipinski definition) is 3. The van der Waals surface area contributed by atoms with Crippen LogP contribution in [0.2, 0.25) is 0 Å². The molecule has 5 heteroatoms. The monoisotopic (exact) mass is 348 g/mol. The van der Waals surface area contributed by atoms with Crippen molar-refractivity contribution in [2.45, 2.75) is 32.4 Å². The predicted octanol–water partition coefficient (Wildman–Crippen LogP) is 2.87. The maximum absolute atomic E-state index is 12.1. The Hall–Kier alpha value is -2.04. The molecule has 0 bridgehead atoms. The number of carbonyl (C=O) groups excluding carboxylic acids is 1. The number of nitrogens with one attached hydrogen (secondary N) is 1. The van der Waals surface area contributed by atoms with Crippen molar-refractivity contribution in [3.8, 4) is 5.75 Å². The third-order valence-electron chi connectivity index (χ3n) is 3.53. The molecule has 0 spiro atoms. The normalized spacial score (nSPS) is 12.6. The van der Waals surface area contributed by atoms with Crippen LogP contribution in [0.5, 0.6) is 5.75 Å². The molecule has 1 unspecified atom stereocenters. The molecule has 0 aliphatic carbocycles. The lowest BCUT2D eigenvalue weighted by atomic mass is 10.1. The first kappa shape index (κ1) is 20.0. The van der Waals surface area contributed by atoms with Crippen molar-refractivity contribution in [2.24, 2.45) is 5.73 Å². The van der Waals surface area contributed by atoms with E-state index in [0.29, 0.717) is 13.0 Å². The van der Waals surface area contributed by atoms with Crippen molar-refractivity contribution in [1.82, 2.24) is 5.32 Å². The zero-order valence-electron chi connectivity index (χ0n) is 14.1. The van der Waals surface area contributed by atoms with E-state index in [1.165, 1.54) is 0 Å². The van der Waals surface area contributed by atoms with E-state index in [1.54, 1.807) is 0 Å². The Morgan fingerprint density at radius 3 is 2.54 bits per heavy atom. The van der Waals surface area contributed by atoms with Crippen LogP contribution in [-0.2, 0) is 11.2 Å². The van der Waals surface area contributed by atoms with Gasteiger partial charge in [0, 0.05) is 0 Å². The first-order valence-electron chi connectivity index (χ1n) is 7.85. The molecule has 3 N–H and O–H groups in total. The summed E-state index contributed by atoms with van der Waals surface area (Å²) in [6, 6.07) is 17.1. The highest BCUT2D eigenvalue weighted by molar-refractivity contribution is 5.85. The zero-order chi connectivity index (χ0) is 16.7. The highest BCUT2D eigenvalue weighted by atomic mass is 35.5. The molecule has 2 rings (SSSR count). The molecular weight excluding hydrogens is 324 g/mol. The molecule has 2 aromatic carbocycles. The minimum Gasteiger partial charge on any atom is -0.489 e. The lowest BCUT2D eigenvalue weighted by Gasteiger charge is -2.18. The maximum atomic E-state index is 12.1. The standard InChI is InChI=1S/C19H24N2O2.ClH/c1-14-7-6-10-17(11-14)23-15(2)13-21-19(22)18(20)12-16-8-4-3-5-9-16;/h3-11,15,18H,12-13,20H2,1-2H3,(H,21,22);1H/t15?,18-;/m0./s1. The SMILES string of the molecule is Cc1cccc(OC(C)CNC(=O)[C@@H](N)Cc2ccccc2)c1.Cl. The van der Waals surface area contributed by atoms with Crippen LogP contribution in [0, 0.1) is 6.92 Å². The van der Waals surface area contributed by atoms with Gasteiger partial charge in [0.15, 0.2) is 0 Å². The minimum absolute atomic E-state index is 0. The smallest absolute Gasteiger partial charge is 0.237 e. The summed E-state index contributed by atoms with van der Waals surface area (Å²) >= 11 is 0. The molecule has 0 saturated heterocycles. The molecule has 1 amide bonds. The van der Waals surface area contributed by atoms with Crippen LogP contribution in [0.1, 0.15) is 18.1 Å². The van der Waals surface area contributed by atoms with Crippen molar-refractivity contribution in [2.75, 3.05) is 6.54 Å². The molecule has 0 aliphatic rings. The molecule has 2 aromatic rings. The lowest BCUT2D eigenvalue weighted by Crippen LogP contribution is -2.45. The summed E-state index contributed by atoms with van der Waals surface area (Å²) in [6.07, 6.45) is 0.407. The summed E-state index contributed by atoms with van der Waals surface area (Å²) in [7, 11) is 0. The summed E-state index contributed by atoms with van der Waals surface area (Å²) in [6.45, 7) is 4.36. The second kappa shape index (κ2) is 9.96. The van der Waals surface area contributed by atoms with Gasteiger partial charge in [0.1, 0.15) is 11.9 Å². The Bertz CT molecular complexity index is 634. The molecule has 0 fully saturated rings. The van der Waals surface area contributed by atoms with E-state index >= 15 is 0 Å². The molecule has 0 aliphatic heterocycles. The van der Waals surface area contributed by atoms with Gasteiger partial charge in [-0.2, -0.15) is 0 Å². The molecule has 0 aromatic heterocycles. The molecular formula is C19H25ClN2O2. The largest absolute Gasteiger partial charge is 0.489 e. The van der Waals surface area contributed by atoms with Gasteiger partial charge in [-0.25, -0.2) is 0 Å². The van der Waals surface area contributed by atoms with Crippen molar-refractivity contribution in [1.29, 1.82) is 0 Å². The fourth-order valence-corrected chi connectivity index (χ4v) is 2.30. The van der Waals surface area contributed by atoms with Crippen LogP contribution >= 0.6 is 12.4 Å². The van der Waals surface area contributed by atoms with E-state index < -0.39 is 6.04 Å². The quantitative estimate of drug-likeness (QED) is 0.808. The summed E-state index contributed by atoms with van der Waals surface area (Å²) in [4.78, 5) is 12.1. The Morgan fingerprint density at radius 2 is 1.88 bits per heavy atom. The summed E-state index contributed by atoms with van der Waals surface area (Å²) in [5.41, 5.74) is 8.15. The third-order valence-corrected chi connectivity index (χ3v) is 3.53. The molecule has 24 heavy (non-hydrogen) atoms. The average molecular weight is 349 g/mol. The Morgan fingerprint density at radius 1 is 1.17 bits per heavy atom. The number of amides is 1. The van der Waals surface area contributed by atoms with Crippen molar-refractivity contribution < 1.29 is 9.53 Å². The number of ether oxygens (including phenoxy) is 1. The second-order valence-corrected chi connectivity index (χ2v) is 5.79. The van der Waals surface area contributed by atoms with Gasteiger partial charge in [-0.3, -0.25) is 4.79 Å². The molecule has 4 nitrogen and oxygen atoms in total. The van der Waals surface area contributed by atoms with Gasteiger partial charge in [-0.15, -0.1) is 12.4 Å². The van der Waals surface area contributed by atoms with Crippen molar-refractivity contribution >= 4 is 18.3 Å². The van der Waals surface area contributed by atoms with E-state index in [4.69, 9.17) is 10.5 Å². The van der Waals surface area contributed by atoms with E-state index in [2.05, 4.69) is 5.32 Å². The fourth-order valence-electron chi connectivity index (χ4n) is 2.30. The molecule has 130 valence electrons. The van der Waals surface area contributed by atoms with Crippen molar-refractivity contribution in [3.63, 3.8) is 0 Å². The van der Waals surface area contributed by atoms with Gasteiger partial charge in [0.2, 0.25) is 5.91 Å². The van der Waals surface area contributed by atoms with Crippen LogP contribution in [-0.4, -0.2) is 24.6 Å². The number of aryl methyl sites for hydroxylation is 1. The minimum atomic E-state index is -0.552. The zero-order valence-corrected chi connectivity index (χ0v) is 14.9. The van der Waals surface area contributed by atoms with Gasteiger partial charge in [0.25, 0.3) is 0 Å². The molecule has 0 saturated carbocycles. The van der Waals surface area contributed by atoms with Crippen LogP contribution in [0.4, 0.5) is 0 Å². The number of benzene rings is 2. The van der Waals surface area contributed by atoms with Crippen LogP contribution in [0.3, 0.4) is 0 Å². The lowest BCUT2D eigenvalue weighted by molar-refractivity contribution is -0.122. The molecule has 0 heterocycles. The van der Waals surface area contributed by atoms with Crippen LogP contribution in [0.25, 0.3) is 0 Å². The summed E-state index contributed by atoms with van der Waals surface area (Å²) < 4.78 is 5.79. The maximum Gasteiger partial charge on any atom is 0.237 e. The van der Waals surface area contributed by atoms with Crippen molar-refractivity contribution in [3.05, 3.63) is 65.7 Å². The average Bonchev–Trinajstić information content (AvgIpc) is 2.53. The number of hydrogen-bond donors (Lipinski definition) is 2. The highest BCUT2D eigenvalue weighted by Gasteiger charge is 2.15. The predicted molar refractivity (Wildman–Crippen MR) is 99.6 cm³/mol. The Balaban J connectivity index is 0.00000288. The molecule has 2 atom stereocenters. The van der Waals surface area contributed by atoms with E-state index in [9.17, 15) is 4.79 Å². The van der Waals surface area contributed by atoms with Gasteiger partial charge in [-0.05, 0) is 43.5 Å². The van der Waals surface area contributed by atoms with Crippen LogP contribution in [0.15, 0.2) is 54.6 Å². The van der Waals surface area contributed by atoms with Gasteiger partial charge in [-0.1, -0.05) is 42.5 Å². The number of nitrogens with two attached hydrogens (primary N) is 1. The summed E-state index contributed by atoms with van der Waals surface area (Å²) in [5.74, 6) is 0.647. The van der Waals surface area contributed by atoms with Gasteiger partial charge < -0.3 is 15.8 Å². The number of rotatable bonds is 7. The fraction of sp³-hybridized carbons (Fsp3) is 0.316. The highest BCUT2D eigenvalue weighted by Crippen LogP contribution is 2.13. The van der Waals surface area contributed by atoms with Gasteiger partial charge >= 0.3 is 0 Å². The van der Waals surface area contributed by atoms with E-state index in [1.807, 2.05) is 68.4 Å².